The van der Waals surface area contributed by atoms with E-state index in [-0.39, 0.29) is 41.9 Å². The first-order chi connectivity index (χ1) is 18.3. The zero-order valence-corrected chi connectivity index (χ0v) is 20.5. The number of rotatable bonds is 7. The van der Waals surface area contributed by atoms with Gasteiger partial charge in [0, 0.05) is 19.1 Å². The van der Waals surface area contributed by atoms with Crippen LogP contribution in [0.3, 0.4) is 0 Å². The number of primary amides is 1. The van der Waals surface area contributed by atoms with Gasteiger partial charge in [-0.15, -0.1) is 0 Å². The summed E-state index contributed by atoms with van der Waals surface area (Å²) in [6.45, 7) is 0.408. The van der Waals surface area contributed by atoms with Gasteiger partial charge < -0.3 is 21.1 Å². The number of fused-ring (bicyclic) bond motifs is 1. The van der Waals surface area contributed by atoms with Crippen LogP contribution in [0.2, 0.25) is 0 Å². The number of amides is 1. The number of benzene rings is 1. The third-order valence-electron chi connectivity index (χ3n) is 7.11. The molecular formula is C25H27F3N8O2. The number of nitrogens with two attached hydrogens (primary N) is 1. The van der Waals surface area contributed by atoms with Gasteiger partial charge in [0.1, 0.15) is 17.4 Å². The van der Waals surface area contributed by atoms with Crippen LogP contribution < -0.4 is 16.4 Å². The third-order valence-corrected chi connectivity index (χ3v) is 7.11. The van der Waals surface area contributed by atoms with Crippen LogP contribution in [0.4, 0.5) is 30.8 Å². The zero-order chi connectivity index (χ0) is 26.8. The Morgan fingerprint density at radius 1 is 1.18 bits per heavy atom. The highest BCUT2D eigenvalue weighted by Gasteiger charge is 2.30. The Morgan fingerprint density at radius 2 is 1.92 bits per heavy atom. The van der Waals surface area contributed by atoms with Crippen molar-refractivity contribution < 1.29 is 22.7 Å². The SMILES string of the molecule is N#Cc1cc(F)c(Nc2nc3cnc(N[C@H]4CCOC[C@H]4F)nc3n2[C@H]2CC[C@@H](CC(N)=O)CC2)c(F)c1. The minimum Gasteiger partial charge on any atom is -0.378 e. The maximum absolute atomic E-state index is 14.7. The van der Waals surface area contributed by atoms with E-state index < -0.39 is 29.5 Å². The Hall–Kier alpha value is -3.92. The number of halogens is 3. The van der Waals surface area contributed by atoms with Crippen molar-refractivity contribution in [2.75, 3.05) is 23.8 Å². The zero-order valence-electron chi connectivity index (χ0n) is 20.5. The number of alkyl halides is 1. The second-order valence-electron chi connectivity index (χ2n) is 9.73. The van der Waals surface area contributed by atoms with Crippen molar-refractivity contribution in [3.8, 4) is 6.07 Å². The van der Waals surface area contributed by atoms with Crippen molar-refractivity contribution in [1.82, 2.24) is 19.5 Å². The normalized spacial score (nSPS) is 23.6. The van der Waals surface area contributed by atoms with E-state index in [1.165, 1.54) is 6.20 Å². The summed E-state index contributed by atoms with van der Waals surface area (Å²) in [5.41, 5.74) is 5.58. The lowest BCUT2D eigenvalue weighted by molar-refractivity contribution is -0.119. The molecule has 0 bridgehead atoms. The number of nitrogens with one attached hydrogen (secondary N) is 2. The highest BCUT2D eigenvalue weighted by Crippen LogP contribution is 2.38. The van der Waals surface area contributed by atoms with Crippen LogP contribution in [0.5, 0.6) is 0 Å². The monoisotopic (exact) mass is 528 g/mol. The number of ether oxygens (including phenoxy) is 1. The van der Waals surface area contributed by atoms with Gasteiger partial charge in [0.25, 0.3) is 0 Å². The Morgan fingerprint density at radius 3 is 2.58 bits per heavy atom. The van der Waals surface area contributed by atoms with E-state index >= 15 is 0 Å². The highest BCUT2D eigenvalue weighted by molar-refractivity contribution is 5.77. The number of carbonyl (C=O) groups excluding carboxylic acids is 1. The predicted octanol–water partition coefficient (Wildman–Crippen LogP) is 3.87. The first kappa shape index (κ1) is 25.7. The molecule has 4 N–H and O–H groups in total. The number of hydrogen-bond acceptors (Lipinski definition) is 8. The highest BCUT2D eigenvalue weighted by atomic mass is 19.1. The van der Waals surface area contributed by atoms with Gasteiger partial charge in [0.2, 0.25) is 17.8 Å². The molecule has 2 aromatic heterocycles. The number of nitrogens with zero attached hydrogens (tertiary/aromatic N) is 5. The van der Waals surface area contributed by atoms with Gasteiger partial charge in [-0.2, -0.15) is 10.2 Å². The molecule has 2 fully saturated rings. The molecule has 1 aliphatic heterocycles. The Kier molecular flexibility index (Phi) is 7.33. The summed E-state index contributed by atoms with van der Waals surface area (Å²) in [5.74, 6) is -1.71. The molecule has 3 aromatic rings. The number of carbonyl (C=O) groups is 1. The number of hydrogen-bond donors (Lipinski definition) is 3. The largest absolute Gasteiger partial charge is 0.378 e. The first-order valence-electron chi connectivity index (χ1n) is 12.5. The molecular weight excluding hydrogens is 501 g/mol. The third kappa shape index (κ3) is 5.35. The van der Waals surface area contributed by atoms with Crippen LogP contribution in [-0.2, 0) is 9.53 Å². The summed E-state index contributed by atoms with van der Waals surface area (Å²) >= 11 is 0. The van der Waals surface area contributed by atoms with Gasteiger partial charge in [-0.05, 0) is 50.2 Å². The second-order valence-corrected chi connectivity index (χ2v) is 9.73. The van der Waals surface area contributed by atoms with Crippen molar-refractivity contribution in [3.63, 3.8) is 0 Å². The summed E-state index contributed by atoms with van der Waals surface area (Å²) in [6.07, 6.45) is 3.80. The molecule has 1 saturated carbocycles. The van der Waals surface area contributed by atoms with Crippen molar-refractivity contribution in [2.24, 2.45) is 11.7 Å². The predicted molar refractivity (Wildman–Crippen MR) is 132 cm³/mol. The van der Waals surface area contributed by atoms with E-state index in [4.69, 9.17) is 15.7 Å². The number of aromatic nitrogens is 4. The summed E-state index contributed by atoms with van der Waals surface area (Å²) in [7, 11) is 0. The van der Waals surface area contributed by atoms with Gasteiger partial charge in [-0.3, -0.25) is 9.36 Å². The Bertz CT molecular complexity index is 1360. The van der Waals surface area contributed by atoms with Crippen molar-refractivity contribution in [2.45, 2.75) is 56.8 Å². The fraction of sp³-hybridized carbons (Fsp3) is 0.480. The van der Waals surface area contributed by atoms with Gasteiger partial charge in [0.15, 0.2) is 17.3 Å². The second kappa shape index (κ2) is 10.8. The van der Waals surface area contributed by atoms with Crippen LogP contribution in [-0.4, -0.2) is 50.9 Å². The standard InChI is InChI=1S/C25H27F3N8O2/c26-16-7-14(10-29)8-17(27)22(16)34-25-33-20-11-31-24(32-19-5-6-38-12-18(19)28)35-23(20)36(25)15-3-1-13(2-4-15)9-21(30)37/h7-8,11,13,15,18-19H,1-6,9,12H2,(H2,30,37)(H,33,34)(H,31,32,35)/t13-,15+,18-,19+/m1/s1. The lowest BCUT2D eigenvalue weighted by Gasteiger charge is -2.30. The summed E-state index contributed by atoms with van der Waals surface area (Å²) < 4.78 is 50.7. The molecule has 2 aliphatic rings. The van der Waals surface area contributed by atoms with Crippen LogP contribution in [0, 0.1) is 28.9 Å². The molecule has 1 aromatic carbocycles. The lowest BCUT2D eigenvalue weighted by Crippen LogP contribution is -2.39. The van der Waals surface area contributed by atoms with E-state index in [1.54, 1.807) is 10.6 Å². The fourth-order valence-electron chi connectivity index (χ4n) is 5.19. The first-order valence-corrected chi connectivity index (χ1v) is 12.5. The number of imidazole rings is 1. The Labute approximate surface area is 216 Å². The number of nitriles is 1. The maximum Gasteiger partial charge on any atom is 0.225 e. The topological polar surface area (TPSA) is 144 Å². The molecule has 10 nitrogen and oxygen atoms in total. The molecule has 0 unspecified atom stereocenters. The molecule has 38 heavy (non-hydrogen) atoms. The van der Waals surface area contributed by atoms with Crippen molar-refractivity contribution in [3.05, 3.63) is 35.5 Å². The van der Waals surface area contributed by atoms with Crippen molar-refractivity contribution >= 4 is 34.7 Å². The maximum atomic E-state index is 14.7. The fourth-order valence-corrected chi connectivity index (χ4v) is 5.19. The molecule has 1 aliphatic carbocycles. The van der Waals surface area contributed by atoms with Gasteiger partial charge in [0.05, 0.1) is 30.5 Å². The lowest BCUT2D eigenvalue weighted by atomic mass is 9.84. The summed E-state index contributed by atoms with van der Waals surface area (Å²) in [6, 6.07) is 2.95. The van der Waals surface area contributed by atoms with E-state index in [2.05, 4.69) is 25.6 Å². The summed E-state index contributed by atoms with van der Waals surface area (Å²) in [4.78, 5) is 24.8. The molecule has 3 heterocycles. The molecule has 0 radical (unpaired) electrons. The smallest absolute Gasteiger partial charge is 0.225 e. The van der Waals surface area contributed by atoms with Gasteiger partial charge in [-0.1, -0.05) is 0 Å². The van der Waals surface area contributed by atoms with Crippen LogP contribution >= 0.6 is 0 Å². The molecule has 5 rings (SSSR count). The molecule has 13 heteroatoms. The average Bonchev–Trinajstić information content (AvgIpc) is 3.25. The molecule has 200 valence electrons. The van der Waals surface area contributed by atoms with Gasteiger partial charge >= 0.3 is 0 Å². The summed E-state index contributed by atoms with van der Waals surface area (Å²) in [5, 5.41) is 14.8. The van der Waals surface area contributed by atoms with Crippen LogP contribution in [0.25, 0.3) is 11.2 Å². The van der Waals surface area contributed by atoms with E-state index in [9.17, 15) is 18.0 Å². The van der Waals surface area contributed by atoms with E-state index in [0.29, 0.717) is 43.5 Å². The van der Waals surface area contributed by atoms with E-state index in [1.807, 2.05) is 0 Å². The quantitative estimate of drug-likeness (QED) is 0.419. The van der Waals surface area contributed by atoms with E-state index in [0.717, 1.165) is 25.0 Å². The average molecular weight is 529 g/mol. The minimum absolute atomic E-state index is 0.0117. The Balaban J connectivity index is 1.51. The minimum atomic E-state index is -1.21. The molecule has 2 atom stereocenters. The van der Waals surface area contributed by atoms with Crippen molar-refractivity contribution in [1.29, 1.82) is 5.26 Å². The van der Waals surface area contributed by atoms with Crippen LogP contribution in [0.15, 0.2) is 18.3 Å². The molecule has 1 amide bonds. The van der Waals surface area contributed by atoms with Gasteiger partial charge in [-0.25, -0.2) is 23.1 Å². The number of anilines is 3. The molecule has 0 spiro atoms. The molecule has 1 saturated heterocycles. The van der Waals surface area contributed by atoms with Crippen LogP contribution in [0.1, 0.15) is 50.1 Å².